The molecular formula is C11H20N2O6. The molecule has 0 aliphatic heterocycles. The SMILES string of the molecule is C[C@H](NC(=O)[C@H](C)NC(=O)CCOCCO)C(=O)O. The number of hydrogen-bond donors (Lipinski definition) is 4. The van der Waals surface area contributed by atoms with E-state index in [9.17, 15) is 14.4 Å². The van der Waals surface area contributed by atoms with Crippen molar-refractivity contribution in [1.29, 1.82) is 0 Å². The lowest BCUT2D eigenvalue weighted by Gasteiger charge is -2.16. The zero-order valence-electron chi connectivity index (χ0n) is 11.0. The molecule has 0 fully saturated rings. The molecule has 0 saturated heterocycles. The lowest BCUT2D eigenvalue weighted by Crippen LogP contribution is -2.49. The molecular weight excluding hydrogens is 256 g/mol. The standard InChI is InChI=1S/C11H20N2O6/c1-7(10(16)13-8(2)11(17)18)12-9(15)3-5-19-6-4-14/h7-8,14H,3-6H2,1-2H3,(H,12,15)(H,13,16)(H,17,18)/t7-,8-/m0/s1. The minimum Gasteiger partial charge on any atom is -0.480 e. The highest BCUT2D eigenvalue weighted by atomic mass is 16.5. The fraction of sp³-hybridized carbons (Fsp3) is 0.727. The van der Waals surface area contributed by atoms with Gasteiger partial charge in [-0.05, 0) is 13.8 Å². The molecule has 0 aromatic rings. The summed E-state index contributed by atoms with van der Waals surface area (Å²) in [7, 11) is 0. The van der Waals surface area contributed by atoms with E-state index in [1.165, 1.54) is 13.8 Å². The number of carbonyl (C=O) groups is 3. The number of aliphatic hydroxyl groups excluding tert-OH is 1. The summed E-state index contributed by atoms with van der Waals surface area (Å²) >= 11 is 0. The van der Waals surface area contributed by atoms with Gasteiger partial charge < -0.3 is 25.6 Å². The van der Waals surface area contributed by atoms with Crippen molar-refractivity contribution in [2.75, 3.05) is 19.8 Å². The minimum absolute atomic E-state index is 0.0616. The second kappa shape index (κ2) is 9.29. The number of hydrogen-bond acceptors (Lipinski definition) is 5. The van der Waals surface area contributed by atoms with Gasteiger partial charge in [-0.1, -0.05) is 0 Å². The molecule has 0 spiro atoms. The number of carboxylic acid groups (broad SMARTS) is 1. The van der Waals surface area contributed by atoms with Crippen molar-refractivity contribution >= 4 is 17.8 Å². The fourth-order valence-electron chi connectivity index (χ4n) is 1.11. The van der Waals surface area contributed by atoms with Gasteiger partial charge in [0, 0.05) is 6.42 Å². The predicted octanol–water partition coefficient (Wildman–Crippen LogP) is -1.52. The molecule has 8 nitrogen and oxygen atoms in total. The molecule has 0 saturated carbocycles. The normalized spacial score (nSPS) is 13.4. The Morgan fingerprint density at radius 3 is 2.26 bits per heavy atom. The van der Waals surface area contributed by atoms with Gasteiger partial charge in [-0.2, -0.15) is 0 Å². The van der Waals surface area contributed by atoms with Gasteiger partial charge in [0.15, 0.2) is 0 Å². The molecule has 4 N–H and O–H groups in total. The smallest absolute Gasteiger partial charge is 0.325 e. The number of ether oxygens (including phenoxy) is 1. The number of nitrogens with one attached hydrogen (secondary N) is 2. The number of carbonyl (C=O) groups excluding carboxylic acids is 2. The van der Waals surface area contributed by atoms with Gasteiger partial charge in [-0.3, -0.25) is 14.4 Å². The first-order valence-corrected chi connectivity index (χ1v) is 5.89. The first-order chi connectivity index (χ1) is 8.88. The molecule has 0 heterocycles. The first kappa shape index (κ1) is 17.3. The second-order valence-electron chi connectivity index (χ2n) is 3.94. The third-order valence-electron chi connectivity index (χ3n) is 2.21. The minimum atomic E-state index is -1.15. The number of aliphatic hydroxyl groups is 1. The maximum absolute atomic E-state index is 11.5. The molecule has 110 valence electrons. The largest absolute Gasteiger partial charge is 0.480 e. The molecule has 0 bridgehead atoms. The Morgan fingerprint density at radius 1 is 1.11 bits per heavy atom. The van der Waals surface area contributed by atoms with Crippen LogP contribution >= 0.6 is 0 Å². The van der Waals surface area contributed by atoms with Gasteiger partial charge in [-0.15, -0.1) is 0 Å². The zero-order valence-corrected chi connectivity index (χ0v) is 11.0. The van der Waals surface area contributed by atoms with Crippen molar-refractivity contribution in [3.8, 4) is 0 Å². The molecule has 0 aromatic heterocycles. The van der Waals surface area contributed by atoms with Crippen LogP contribution in [0.3, 0.4) is 0 Å². The highest BCUT2D eigenvalue weighted by molar-refractivity contribution is 5.89. The van der Waals surface area contributed by atoms with E-state index in [2.05, 4.69) is 10.6 Å². The van der Waals surface area contributed by atoms with E-state index in [1.807, 2.05) is 0 Å². The Labute approximate surface area is 111 Å². The van der Waals surface area contributed by atoms with Crippen molar-refractivity contribution in [2.45, 2.75) is 32.4 Å². The molecule has 0 aromatic carbocycles. The summed E-state index contributed by atoms with van der Waals surface area (Å²) in [6.45, 7) is 2.97. The van der Waals surface area contributed by atoms with E-state index in [-0.39, 0.29) is 32.1 Å². The molecule has 19 heavy (non-hydrogen) atoms. The van der Waals surface area contributed by atoms with Gasteiger partial charge in [0.05, 0.1) is 19.8 Å². The lowest BCUT2D eigenvalue weighted by atomic mass is 10.2. The average Bonchev–Trinajstić information content (AvgIpc) is 2.34. The van der Waals surface area contributed by atoms with Crippen LogP contribution in [-0.2, 0) is 19.1 Å². The summed E-state index contributed by atoms with van der Waals surface area (Å²) in [5, 5.41) is 21.7. The molecule has 2 amide bonds. The van der Waals surface area contributed by atoms with Crippen LogP contribution in [0.25, 0.3) is 0 Å². The summed E-state index contributed by atoms with van der Waals surface area (Å²) < 4.78 is 4.90. The van der Waals surface area contributed by atoms with Crippen LogP contribution in [0.4, 0.5) is 0 Å². The van der Waals surface area contributed by atoms with Crippen LogP contribution in [0.2, 0.25) is 0 Å². The summed E-state index contributed by atoms with van der Waals surface area (Å²) in [6.07, 6.45) is 0.0616. The van der Waals surface area contributed by atoms with Crippen molar-refractivity contribution in [1.82, 2.24) is 10.6 Å². The van der Waals surface area contributed by atoms with Crippen molar-refractivity contribution in [2.24, 2.45) is 0 Å². The van der Waals surface area contributed by atoms with Crippen LogP contribution in [0.5, 0.6) is 0 Å². The van der Waals surface area contributed by atoms with Gasteiger partial charge >= 0.3 is 5.97 Å². The van der Waals surface area contributed by atoms with Crippen LogP contribution in [0.1, 0.15) is 20.3 Å². The van der Waals surface area contributed by atoms with Crippen LogP contribution in [0.15, 0.2) is 0 Å². The van der Waals surface area contributed by atoms with E-state index in [4.69, 9.17) is 14.9 Å². The molecule has 2 atom stereocenters. The van der Waals surface area contributed by atoms with E-state index >= 15 is 0 Å². The summed E-state index contributed by atoms with van der Waals surface area (Å²) in [5.41, 5.74) is 0. The highest BCUT2D eigenvalue weighted by Crippen LogP contribution is 1.90. The van der Waals surface area contributed by atoms with Gasteiger partial charge in [-0.25, -0.2) is 0 Å². The molecule has 0 rings (SSSR count). The van der Waals surface area contributed by atoms with E-state index in [0.717, 1.165) is 0 Å². The highest BCUT2D eigenvalue weighted by Gasteiger charge is 2.20. The number of carboxylic acids is 1. The quantitative estimate of drug-likeness (QED) is 0.379. The second-order valence-corrected chi connectivity index (χ2v) is 3.94. The average molecular weight is 276 g/mol. The maximum atomic E-state index is 11.5. The van der Waals surface area contributed by atoms with E-state index in [1.54, 1.807) is 0 Å². The monoisotopic (exact) mass is 276 g/mol. The lowest BCUT2D eigenvalue weighted by molar-refractivity contribution is -0.141. The number of rotatable bonds is 9. The van der Waals surface area contributed by atoms with Gasteiger partial charge in [0.1, 0.15) is 12.1 Å². The summed E-state index contributed by atoms with van der Waals surface area (Å²) in [4.78, 5) is 33.5. The van der Waals surface area contributed by atoms with E-state index < -0.39 is 24.0 Å². The van der Waals surface area contributed by atoms with Crippen molar-refractivity contribution < 1.29 is 29.3 Å². The van der Waals surface area contributed by atoms with Crippen molar-refractivity contribution in [3.63, 3.8) is 0 Å². The Bertz CT molecular complexity index is 320. The third-order valence-corrected chi connectivity index (χ3v) is 2.21. The zero-order chi connectivity index (χ0) is 14.8. The molecule has 0 aliphatic carbocycles. The molecule has 8 heteroatoms. The summed E-state index contributed by atoms with van der Waals surface area (Å²) in [6, 6.07) is -1.84. The van der Waals surface area contributed by atoms with E-state index in [0.29, 0.717) is 0 Å². The maximum Gasteiger partial charge on any atom is 0.325 e. The Kier molecular flexibility index (Phi) is 8.47. The van der Waals surface area contributed by atoms with Crippen molar-refractivity contribution in [3.05, 3.63) is 0 Å². The Balaban J connectivity index is 3.94. The topological polar surface area (TPSA) is 125 Å². The molecule has 0 aliphatic rings. The number of amides is 2. The molecule has 0 unspecified atom stereocenters. The third kappa shape index (κ3) is 8.11. The van der Waals surface area contributed by atoms with Crippen LogP contribution in [-0.4, -0.2) is 59.9 Å². The van der Waals surface area contributed by atoms with Crippen LogP contribution in [0, 0.1) is 0 Å². The Hall–Kier alpha value is -1.67. The van der Waals surface area contributed by atoms with Crippen LogP contribution < -0.4 is 10.6 Å². The number of aliphatic carboxylic acids is 1. The molecule has 0 radical (unpaired) electrons. The summed E-state index contributed by atoms with van der Waals surface area (Å²) in [5.74, 6) is -2.10. The van der Waals surface area contributed by atoms with Gasteiger partial charge in [0.25, 0.3) is 0 Å². The Morgan fingerprint density at radius 2 is 1.74 bits per heavy atom. The van der Waals surface area contributed by atoms with Gasteiger partial charge in [0.2, 0.25) is 11.8 Å². The first-order valence-electron chi connectivity index (χ1n) is 5.89. The fourth-order valence-corrected chi connectivity index (χ4v) is 1.11. The predicted molar refractivity (Wildman–Crippen MR) is 65.4 cm³/mol.